The molecule has 1 aromatic heterocycles. The van der Waals surface area contributed by atoms with Gasteiger partial charge in [-0.1, -0.05) is 18.2 Å². The molecule has 2 heterocycles. The minimum Gasteiger partial charge on any atom is -0.373 e. The van der Waals surface area contributed by atoms with E-state index >= 15 is 0 Å². The Bertz CT molecular complexity index is 645. The Hall–Kier alpha value is -2.69. The lowest BCUT2D eigenvalue weighted by molar-refractivity contribution is 0.0642. The molecular weight excluding hydrogens is 254 g/mol. The van der Waals surface area contributed by atoms with Crippen LogP contribution in [0.3, 0.4) is 0 Å². The van der Waals surface area contributed by atoms with Gasteiger partial charge >= 0.3 is 0 Å². The maximum absolute atomic E-state index is 12.2. The zero-order chi connectivity index (χ0) is 14.1. The number of carbonyl (C=O) groups is 2. The minimum absolute atomic E-state index is 0.239. The number of fused-ring (bicyclic) bond motifs is 1. The lowest BCUT2D eigenvalue weighted by Gasteiger charge is -2.13. The number of anilines is 1. The second kappa shape index (κ2) is 4.77. The average Bonchev–Trinajstić information content (AvgIpc) is 2.74. The highest BCUT2D eigenvalue weighted by atomic mass is 16.2. The van der Waals surface area contributed by atoms with Crippen molar-refractivity contribution in [3.05, 3.63) is 59.3 Å². The van der Waals surface area contributed by atoms with Crippen molar-refractivity contribution in [1.82, 2.24) is 9.88 Å². The zero-order valence-corrected chi connectivity index (χ0v) is 11.0. The number of benzene rings is 1. The van der Waals surface area contributed by atoms with Gasteiger partial charge in [0.2, 0.25) is 0 Å². The zero-order valence-electron chi connectivity index (χ0n) is 11.0. The molecule has 0 bridgehead atoms. The standard InChI is InChI=1S/C15H13N3O2/c1-16-13-7-6-10(8-17-13)9-18-14(19)11-4-2-3-5-12(11)15(18)20/h2-8H,9H2,1H3,(H,16,17). The van der Waals surface area contributed by atoms with E-state index in [1.54, 1.807) is 37.5 Å². The molecule has 0 spiro atoms. The first-order valence-corrected chi connectivity index (χ1v) is 6.28. The van der Waals surface area contributed by atoms with Crippen molar-refractivity contribution in [1.29, 1.82) is 0 Å². The molecule has 0 saturated heterocycles. The van der Waals surface area contributed by atoms with E-state index < -0.39 is 0 Å². The van der Waals surface area contributed by atoms with E-state index in [2.05, 4.69) is 10.3 Å². The van der Waals surface area contributed by atoms with E-state index in [4.69, 9.17) is 0 Å². The van der Waals surface area contributed by atoms with E-state index in [0.717, 1.165) is 11.4 Å². The van der Waals surface area contributed by atoms with Crippen molar-refractivity contribution < 1.29 is 9.59 Å². The number of rotatable bonds is 3. The van der Waals surface area contributed by atoms with Gasteiger partial charge in [0.25, 0.3) is 11.8 Å². The number of hydrogen-bond acceptors (Lipinski definition) is 4. The Labute approximate surface area is 116 Å². The number of aromatic nitrogens is 1. The fourth-order valence-electron chi connectivity index (χ4n) is 2.23. The summed E-state index contributed by atoms with van der Waals surface area (Å²) in [6, 6.07) is 10.5. The number of imide groups is 1. The smallest absolute Gasteiger partial charge is 0.261 e. The molecule has 100 valence electrons. The van der Waals surface area contributed by atoms with Crippen LogP contribution in [0.1, 0.15) is 26.3 Å². The summed E-state index contributed by atoms with van der Waals surface area (Å²) in [5.41, 5.74) is 1.76. The van der Waals surface area contributed by atoms with Crippen LogP contribution in [-0.2, 0) is 6.54 Å². The topological polar surface area (TPSA) is 62.3 Å². The normalized spacial score (nSPS) is 13.6. The highest BCUT2D eigenvalue weighted by Gasteiger charge is 2.34. The van der Waals surface area contributed by atoms with Crippen LogP contribution in [0.2, 0.25) is 0 Å². The highest BCUT2D eigenvalue weighted by Crippen LogP contribution is 2.24. The number of nitrogens with zero attached hydrogens (tertiary/aromatic N) is 2. The minimum atomic E-state index is -0.247. The lowest BCUT2D eigenvalue weighted by atomic mass is 10.1. The van der Waals surface area contributed by atoms with Gasteiger partial charge in [0.1, 0.15) is 5.82 Å². The van der Waals surface area contributed by atoms with E-state index in [1.165, 1.54) is 4.90 Å². The Morgan fingerprint density at radius 2 is 1.70 bits per heavy atom. The van der Waals surface area contributed by atoms with Gasteiger partial charge in [-0.3, -0.25) is 14.5 Å². The third-order valence-electron chi connectivity index (χ3n) is 3.30. The quantitative estimate of drug-likeness (QED) is 0.863. The van der Waals surface area contributed by atoms with Gasteiger partial charge in [0, 0.05) is 13.2 Å². The van der Waals surface area contributed by atoms with Gasteiger partial charge in [-0.2, -0.15) is 0 Å². The van der Waals surface area contributed by atoms with Crippen molar-refractivity contribution in [2.45, 2.75) is 6.54 Å². The Balaban J connectivity index is 1.85. The summed E-state index contributed by atoms with van der Waals surface area (Å²) < 4.78 is 0. The van der Waals surface area contributed by atoms with Crippen LogP contribution in [0.5, 0.6) is 0 Å². The molecule has 0 radical (unpaired) electrons. The lowest BCUT2D eigenvalue weighted by Crippen LogP contribution is -2.29. The molecule has 2 amide bonds. The SMILES string of the molecule is CNc1ccc(CN2C(=O)c3ccccc3C2=O)cn1. The van der Waals surface area contributed by atoms with Crippen molar-refractivity contribution >= 4 is 17.6 Å². The van der Waals surface area contributed by atoms with Crippen LogP contribution in [-0.4, -0.2) is 28.7 Å². The monoisotopic (exact) mass is 267 g/mol. The molecular formula is C15H13N3O2. The molecule has 0 unspecified atom stereocenters. The Morgan fingerprint density at radius 3 is 2.20 bits per heavy atom. The van der Waals surface area contributed by atoms with Gasteiger partial charge in [-0.25, -0.2) is 4.98 Å². The van der Waals surface area contributed by atoms with Gasteiger partial charge in [0.15, 0.2) is 0 Å². The number of carbonyl (C=O) groups excluding carboxylic acids is 2. The van der Waals surface area contributed by atoms with Gasteiger partial charge in [-0.05, 0) is 23.8 Å². The largest absolute Gasteiger partial charge is 0.373 e. The molecule has 0 atom stereocenters. The molecule has 5 heteroatoms. The molecule has 0 fully saturated rings. The molecule has 20 heavy (non-hydrogen) atoms. The van der Waals surface area contributed by atoms with Gasteiger partial charge in [0.05, 0.1) is 17.7 Å². The summed E-state index contributed by atoms with van der Waals surface area (Å²) in [5, 5.41) is 2.92. The molecule has 1 N–H and O–H groups in total. The Kier molecular flexibility index (Phi) is 2.95. The molecule has 1 aromatic carbocycles. The van der Waals surface area contributed by atoms with E-state index in [0.29, 0.717) is 11.1 Å². The van der Waals surface area contributed by atoms with E-state index in [9.17, 15) is 9.59 Å². The summed E-state index contributed by atoms with van der Waals surface area (Å²) in [7, 11) is 1.78. The van der Waals surface area contributed by atoms with Crippen LogP contribution in [0, 0.1) is 0 Å². The summed E-state index contributed by atoms with van der Waals surface area (Å²) in [5.74, 6) is 0.252. The van der Waals surface area contributed by atoms with Crippen LogP contribution in [0.25, 0.3) is 0 Å². The van der Waals surface area contributed by atoms with Crippen LogP contribution in [0.15, 0.2) is 42.6 Å². The fraction of sp³-hybridized carbons (Fsp3) is 0.133. The number of amides is 2. The summed E-state index contributed by atoms with van der Waals surface area (Å²) in [6.07, 6.45) is 1.66. The van der Waals surface area contributed by atoms with Crippen molar-refractivity contribution in [2.24, 2.45) is 0 Å². The average molecular weight is 267 g/mol. The molecule has 3 rings (SSSR count). The van der Waals surface area contributed by atoms with Crippen LogP contribution >= 0.6 is 0 Å². The summed E-state index contributed by atoms with van der Waals surface area (Å²) in [6.45, 7) is 0.239. The predicted molar refractivity (Wildman–Crippen MR) is 74.4 cm³/mol. The molecule has 0 saturated carbocycles. The summed E-state index contributed by atoms with van der Waals surface area (Å²) in [4.78, 5) is 29.8. The molecule has 1 aliphatic rings. The molecule has 2 aromatic rings. The molecule has 0 aliphatic carbocycles. The van der Waals surface area contributed by atoms with Crippen molar-refractivity contribution in [2.75, 3.05) is 12.4 Å². The first-order valence-electron chi connectivity index (χ1n) is 6.28. The van der Waals surface area contributed by atoms with Crippen molar-refractivity contribution in [3.63, 3.8) is 0 Å². The highest BCUT2D eigenvalue weighted by molar-refractivity contribution is 6.21. The van der Waals surface area contributed by atoms with Gasteiger partial charge < -0.3 is 5.32 Å². The second-order valence-corrected chi connectivity index (χ2v) is 4.54. The molecule has 5 nitrogen and oxygen atoms in total. The van der Waals surface area contributed by atoms with E-state index in [1.807, 2.05) is 12.1 Å². The maximum Gasteiger partial charge on any atom is 0.261 e. The van der Waals surface area contributed by atoms with Crippen molar-refractivity contribution in [3.8, 4) is 0 Å². The Morgan fingerprint density at radius 1 is 1.05 bits per heavy atom. The van der Waals surface area contributed by atoms with Crippen LogP contribution in [0.4, 0.5) is 5.82 Å². The van der Waals surface area contributed by atoms with Crippen LogP contribution < -0.4 is 5.32 Å². The number of hydrogen-bond donors (Lipinski definition) is 1. The maximum atomic E-state index is 12.2. The second-order valence-electron chi connectivity index (χ2n) is 4.54. The third kappa shape index (κ3) is 1.93. The summed E-state index contributed by atoms with van der Waals surface area (Å²) >= 11 is 0. The third-order valence-corrected chi connectivity index (χ3v) is 3.30. The first kappa shape index (κ1) is 12.3. The van der Waals surface area contributed by atoms with Gasteiger partial charge in [-0.15, -0.1) is 0 Å². The molecule has 1 aliphatic heterocycles. The fourth-order valence-corrected chi connectivity index (χ4v) is 2.23. The predicted octanol–water partition coefficient (Wildman–Crippen LogP) is 1.92. The number of nitrogens with one attached hydrogen (secondary N) is 1. The first-order chi connectivity index (χ1) is 9.70. The number of pyridine rings is 1. The van der Waals surface area contributed by atoms with E-state index in [-0.39, 0.29) is 18.4 Å².